The largest absolute Gasteiger partial charge is 0.481 e. The molecule has 2 heteroatoms. The number of rotatable bonds is 26. The molecule has 0 bridgehead atoms. The average Bonchev–Trinajstić information content (AvgIpc) is 2.76. The summed E-state index contributed by atoms with van der Waals surface area (Å²) >= 11 is 0. The van der Waals surface area contributed by atoms with Crippen LogP contribution in [0.3, 0.4) is 0 Å². The van der Waals surface area contributed by atoms with E-state index in [1.807, 2.05) is 0 Å². The Morgan fingerprint density at radius 3 is 1.10 bits per heavy atom. The summed E-state index contributed by atoms with van der Waals surface area (Å²) < 4.78 is 0. The molecule has 1 N–H and O–H groups in total. The van der Waals surface area contributed by atoms with Gasteiger partial charge in [-0.15, -0.1) is 0 Å². The minimum absolute atomic E-state index is 0.322. The zero-order valence-electron chi connectivity index (χ0n) is 21.2. The monoisotopic (exact) mass is 436 g/mol. The summed E-state index contributed by atoms with van der Waals surface area (Å²) in [5.41, 5.74) is 0. The number of unbranched alkanes of at least 4 members (excludes halogenated alkanes) is 22. The molecule has 0 rings (SSSR count). The zero-order chi connectivity index (χ0) is 22.7. The molecule has 0 aromatic rings. The quantitative estimate of drug-likeness (QED) is 0.108. The van der Waals surface area contributed by atoms with Crippen molar-refractivity contribution in [2.45, 2.75) is 167 Å². The maximum Gasteiger partial charge on any atom is 0.303 e. The molecule has 0 saturated carbocycles. The Labute approximate surface area is 195 Å². The van der Waals surface area contributed by atoms with E-state index in [2.05, 4.69) is 19.1 Å². The van der Waals surface area contributed by atoms with Crippen LogP contribution in [0.15, 0.2) is 12.2 Å². The van der Waals surface area contributed by atoms with Gasteiger partial charge in [0, 0.05) is 6.42 Å². The van der Waals surface area contributed by atoms with Gasteiger partial charge in [-0.3, -0.25) is 4.79 Å². The molecule has 31 heavy (non-hydrogen) atoms. The fourth-order valence-electron chi connectivity index (χ4n) is 4.29. The first-order valence-electron chi connectivity index (χ1n) is 14.1. The lowest BCUT2D eigenvalue weighted by molar-refractivity contribution is -0.137. The number of carbonyl (C=O) groups is 1. The van der Waals surface area contributed by atoms with Gasteiger partial charge >= 0.3 is 5.97 Å². The third-order valence-corrected chi connectivity index (χ3v) is 6.40. The van der Waals surface area contributed by atoms with Crippen molar-refractivity contribution in [2.75, 3.05) is 0 Å². The Morgan fingerprint density at radius 2 is 0.774 bits per heavy atom. The van der Waals surface area contributed by atoms with Crippen molar-refractivity contribution in [3.63, 3.8) is 0 Å². The van der Waals surface area contributed by atoms with Crippen LogP contribution in [0, 0.1) is 0 Å². The summed E-state index contributed by atoms with van der Waals surface area (Å²) in [6.07, 6.45) is 37.5. The maximum absolute atomic E-state index is 10.4. The molecule has 0 fully saturated rings. The maximum atomic E-state index is 10.4. The van der Waals surface area contributed by atoms with E-state index in [-0.39, 0.29) is 0 Å². The highest BCUT2D eigenvalue weighted by atomic mass is 16.4. The third kappa shape index (κ3) is 29.2. The molecule has 0 spiro atoms. The Hall–Kier alpha value is -0.790. The minimum atomic E-state index is -0.667. The molecule has 0 aromatic heterocycles. The molecule has 0 unspecified atom stereocenters. The highest BCUT2D eigenvalue weighted by Crippen LogP contribution is 2.15. The van der Waals surface area contributed by atoms with Crippen molar-refractivity contribution in [3.05, 3.63) is 12.2 Å². The van der Waals surface area contributed by atoms with E-state index in [1.54, 1.807) is 0 Å². The second-order valence-electron chi connectivity index (χ2n) is 9.62. The summed E-state index contributed by atoms with van der Waals surface area (Å²) in [7, 11) is 0. The van der Waals surface area contributed by atoms with Crippen LogP contribution in [-0.2, 0) is 4.79 Å². The Balaban J connectivity index is 3.06. The van der Waals surface area contributed by atoms with Crippen LogP contribution in [0.5, 0.6) is 0 Å². The van der Waals surface area contributed by atoms with Gasteiger partial charge in [0.2, 0.25) is 0 Å². The van der Waals surface area contributed by atoms with Gasteiger partial charge in [0.25, 0.3) is 0 Å². The lowest BCUT2D eigenvalue weighted by Crippen LogP contribution is -1.93. The summed E-state index contributed by atoms with van der Waals surface area (Å²) in [4.78, 5) is 10.4. The summed E-state index contributed by atoms with van der Waals surface area (Å²) in [6.45, 7) is 2.29. The van der Waals surface area contributed by atoms with Crippen LogP contribution in [0.2, 0.25) is 0 Å². The molecule has 0 aliphatic carbocycles. The predicted octanol–water partition coefficient (Wildman–Crippen LogP) is 10.4. The van der Waals surface area contributed by atoms with Gasteiger partial charge in [-0.1, -0.05) is 141 Å². The lowest BCUT2D eigenvalue weighted by Gasteiger charge is -2.03. The van der Waals surface area contributed by atoms with E-state index in [9.17, 15) is 4.79 Å². The van der Waals surface area contributed by atoms with Gasteiger partial charge in [-0.25, -0.2) is 0 Å². The van der Waals surface area contributed by atoms with E-state index < -0.39 is 5.97 Å². The molecule has 184 valence electrons. The fraction of sp³-hybridized carbons (Fsp3) is 0.897. The van der Waals surface area contributed by atoms with E-state index in [0.29, 0.717) is 6.42 Å². The molecule has 0 saturated heterocycles. The Morgan fingerprint density at radius 1 is 0.484 bits per heavy atom. The van der Waals surface area contributed by atoms with Crippen molar-refractivity contribution in [2.24, 2.45) is 0 Å². The first kappa shape index (κ1) is 30.2. The van der Waals surface area contributed by atoms with Crippen molar-refractivity contribution >= 4 is 5.97 Å². The normalized spacial score (nSPS) is 11.5. The summed E-state index contributed by atoms with van der Waals surface area (Å²) in [5.74, 6) is -0.667. The molecular formula is C29H56O2. The van der Waals surface area contributed by atoms with Crippen LogP contribution in [0.4, 0.5) is 0 Å². The van der Waals surface area contributed by atoms with Crippen molar-refractivity contribution in [3.8, 4) is 0 Å². The third-order valence-electron chi connectivity index (χ3n) is 6.40. The van der Waals surface area contributed by atoms with Gasteiger partial charge in [-0.2, -0.15) is 0 Å². The van der Waals surface area contributed by atoms with E-state index >= 15 is 0 Å². The van der Waals surface area contributed by atoms with Gasteiger partial charge in [0.15, 0.2) is 0 Å². The van der Waals surface area contributed by atoms with Crippen molar-refractivity contribution < 1.29 is 9.90 Å². The SMILES string of the molecule is CCCCCCCCCCCCCCCCCCCCCC=CCCCCCC(=O)O. The topological polar surface area (TPSA) is 37.3 Å². The highest BCUT2D eigenvalue weighted by molar-refractivity contribution is 5.66. The van der Waals surface area contributed by atoms with Gasteiger partial charge in [-0.05, 0) is 32.1 Å². The molecule has 0 atom stereocenters. The van der Waals surface area contributed by atoms with Crippen molar-refractivity contribution in [1.82, 2.24) is 0 Å². The number of carboxylic acid groups (broad SMARTS) is 1. The molecule has 0 aliphatic rings. The fourth-order valence-corrected chi connectivity index (χ4v) is 4.29. The molecule has 0 amide bonds. The number of aliphatic carboxylic acids is 1. The van der Waals surface area contributed by atoms with Crippen LogP contribution in [-0.4, -0.2) is 11.1 Å². The molecule has 0 heterocycles. The van der Waals surface area contributed by atoms with E-state index in [0.717, 1.165) is 25.7 Å². The smallest absolute Gasteiger partial charge is 0.303 e. The minimum Gasteiger partial charge on any atom is -0.481 e. The van der Waals surface area contributed by atoms with Crippen LogP contribution >= 0.6 is 0 Å². The van der Waals surface area contributed by atoms with Crippen LogP contribution in [0.1, 0.15) is 167 Å². The van der Waals surface area contributed by atoms with Gasteiger partial charge < -0.3 is 5.11 Å². The molecule has 0 radical (unpaired) electrons. The number of carboxylic acids is 1. The zero-order valence-corrected chi connectivity index (χ0v) is 21.2. The first-order chi connectivity index (χ1) is 15.3. The molecule has 0 aliphatic heterocycles. The predicted molar refractivity (Wildman–Crippen MR) is 138 cm³/mol. The Kier molecular flexibility index (Phi) is 26.5. The van der Waals surface area contributed by atoms with Gasteiger partial charge in [0.1, 0.15) is 0 Å². The summed E-state index contributed by atoms with van der Waals surface area (Å²) in [6, 6.07) is 0. The second kappa shape index (κ2) is 27.2. The average molecular weight is 437 g/mol. The molecule has 0 aromatic carbocycles. The van der Waals surface area contributed by atoms with Crippen molar-refractivity contribution in [1.29, 1.82) is 0 Å². The molecular weight excluding hydrogens is 380 g/mol. The molecule has 2 nitrogen and oxygen atoms in total. The number of hydrogen-bond donors (Lipinski definition) is 1. The van der Waals surface area contributed by atoms with E-state index in [4.69, 9.17) is 5.11 Å². The van der Waals surface area contributed by atoms with Gasteiger partial charge in [0.05, 0.1) is 0 Å². The summed E-state index contributed by atoms with van der Waals surface area (Å²) in [5, 5.41) is 8.59. The highest BCUT2D eigenvalue weighted by Gasteiger charge is 1.96. The lowest BCUT2D eigenvalue weighted by atomic mass is 10.0. The van der Waals surface area contributed by atoms with E-state index in [1.165, 1.54) is 128 Å². The number of allylic oxidation sites excluding steroid dienone is 2. The standard InChI is InChI=1S/C29H56O2/c1-2-3-4-5-6-7-8-9-10-11-12-13-14-15-16-17-18-19-20-21-22-23-24-25-26-27-28-29(30)31/h22-23H,2-21,24-28H2,1H3,(H,30,31). The van der Waals surface area contributed by atoms with Crippen LogP contribution in [0.25, 0.3) is 0 Å². The Bertz CT molecular complexity index is 375. The van der Waals surface area contributed by atoms with Crippen LogP contribution < -0.4 is 0 Å². The first-order valence-corrected chi connectivity index (χ1v) is 14.1. The number of hydrogen-bond acceptors (Lipinski definition) is 1. The second-order valence-corrected chi connectivity index (χ2v) is 9.62.